The van der Waals surface area contributed by atoms with E-state index in [1.54, 1.807) is 55.4 Å². The van der Waals surface area contributed by atoms with Crippen LogP contribution in [0.4, 0.5) is 0 Å². The highest BCUT2D eigenvalue weighted by Crippen LogP contribution is 2.64. The highest BCUT2D eigenvalue weighted by atomic mass is 32.1. The lowest BCUT2D eigenvalue weighted by atomic mass is 9.54. The molecule has 0 saturated carbocycles. The Morgan fingerprint density at radius 2 is 1.42 bits per heavy atom. The summed E-state index contributed by atoms with van der Waals surface area (Å²) in [5.41, 5.74) is 0.991. The number of H-pyrrole nitrogens is 1. The van der Waals surface area contributed by atoms with Gasteiger partial charge in [-0.2, -0.15) is 0 Å². The van der Waals surface area contributed by atoms with E-state index in [4.69, 9.17) is 19.4 Å². The van der Waals surface area contributed by atoms with Gasteiger partial charge in [0.15, 0.2) is 5.54 Å². The Balaban J connectivity index is 1.57. The smallest absolute Gasteiger partial charge is 0.333 e. The number of aromatic amines is 1. The first-order valence-corrected chi connectivity index (χ1v) is 21.7. The Morgan fingerprint density at radius 1 is 0.790 bits per heavy atom. The van der Waals surface area contributed by atoms with Gasteiger partial charge in [-0.15, -0.1) is 11.3 Å². The Kier molecular flexibility index (Phi) is 11.4. The van der Waals surface area contributed by atoms with Crippen LogP contribution in [0.2, 0.25) is 0 Å². The van der Waals surface area contributed by atoms with Gasteiger partial charge in [0.1, 0.15) is 16.4 Å². The number of imidazole rings is 1. The van der Waals surface area contributed by atoms with Crippen molar-refractivity contribution in [3.05, 3.63) is 196 Å². The van der Waals surface area contributed by atoms with E-state index in [0.29, 0.717) is 27.7 Å². The summed E-state index contributed by atoms with van der Waals surface area (Å²) in [5, 5.41) is 2.54. The third-order valence-corrected chi connectivity index (χ3v) is 12.8. The number of methoxy groups -OCH3 is 1. The fourth-order valence-electron chi connectivity index (χ4n) is 9.59. The van der Waals surface area contributed by atoms with Crippen molar-refractivity contribution in [3.8, 4) is 5.75 Å². The minimum Gasteiger partial charge on any atom is -0.496 e. The zero-order valence-electron chi connectivity index (χ0n) is 36.2. The van der Waals surface area contributed by atoms with Gasteiger partial charge >= 0.3 is 5.97 Å². The SMILES string of the molecule is COc1cc(C(=O)N2[C@@H](c3nccs3)[C@@H](c3cnccn3)C[C@@]2(C(=O)OC(C)(C)C)C(c2cnc[nH]2)C(c2ccccc2)(c2ccccc2)c2ccccc2)ccc1C(C)(C)C. The van der Waals surface area contributed by atoms with Crippen molar-refractivity contribution in [2.24, 2.45) is 0 Å². The first-order valence-electron chi connectivity index (χ1n) is 20.9. The number of likely N-dealkylation sites (tertiary alicyclic amines) is 1. The molecule has 10 nitrogen and oxygen atoms in total. The molecule has 1 aliphatic heterocycles. The lowest BCUT2D eigenvalue weighted by Gasteiger charge is -2.53. The van der Waals surface area contributed by atoms with Crippen LogP contribution in [0.3, 0.4) is 0 Å². The van der Waals surface area contributed by atoms with Crippen molar-refractivity contribution >= 4 is 23.2 Å². The second kappa shape index (κ2) is 16.8. The van der Waals surface area contributed by atoms with Crippen molar-refractivity contribution in [1.29, 1.82) is 0 Å². The van der Waals surface area contributed by atoms with Gasteiger partial charge in [-0.1, -0.05) is 118 Å². The fraction of sp³-hybridized carbons (Fsp3) is 0.294. The maximum absolute atomic E-state index is 16.5. The molecule has 0 bridgehead atoms. The van der Waals surface area contributed by atoms with Crippen LogP contribution < -0.4 is 4.74 Å². The standard InChI is InChI=1S/C51H52N6O4S/c1-48(2,3)39-24-23-34(29-42(39)60-7)46(58)57-43(45-55-27-28-62-45)38(40-31-52-25-26-54-40)30-50(57,47(59)61-49(4,5)6)44(41-32-53-33-56-41)51(35-17-11-8-12-18-35,36-19-13-9-14-20-36)37-21-15-10-16-22-37/h8-29,31-33,38,43-44H,30H2,1-7H3,(H,53,56)/t38-,43-,44?,50+/m1/s1. The number of amides is 1. The molecule has 1 fully saturated rings. The summed E-state index contributed by atoms with van der Waals surface area (Å²) in [7, 11) is 1.62. The zero-order chi connectivity index (χ0) is 43.7. The second-order valence-corrected chi connectivity index (χ2v) is 18.8. The molecular weight excluding hydrogens is 793 g/mol. The lowest BCUT2D eigenvalue weighted by molar-refractivity contribution is -0.170. The molecule has 316 valence electrons. The number of rotatable bonds is 11. The number of esters is 1. The number of carbonyl (C=O) groups is 2. The van der Waals surface area contributed by atoms with Gasteiger partial charge < -0.3 is 19.4 Å². The van der Waals surface area contributed by atoms with E-state index in [1.807, 2.05) is 92.9 Å². The number of hydrogen-bond acceptors (Lipinski definition) is 9. The van der Waals surface area contributed by atoms with Crippen molar-refractivity contribution in [2.45, 2.75) is 87.8 Å². The fourth-order valence-corrected chi connectivity index (χ4v) is 10.4. The number of benzene rings is 4. The van der Waals surface area contributed by atoms with E-state index in [9.17, 15) is 0 Å². The van der Waals surface area contributed by atoms with Crippen LogP contribution in [0.1, 0.15) is 115 Å². The molecule has 0 radical (unpaired) electrons. The van der Waals surface area contributed by atoms with E-state index in [-0.39, 0.29) is 11.8 Å². The number of hydrogen-bond donors (Lipinski definition) is 1. The zero-order valence-corrected chi connectivity index (χ0v) is 37.0. The molecule has 7 aromatic rings. The first-order chi connectivity index (χ1) is 29.8. The summed E-state index contributed by atoms with van der Waals surface area (Å²) in [4.78, 5) is 57.2. The van der Waals surface area contributed by atoms with Gasteiger partial charge in [-0.3, -0.25) is 14.8 Å². The van der Waals surface area contributed by atoms with Gasteiger partial charge in [-0.25, -0.2) is 14.8 Å². The molecule has 4 aromatic carbocycles. The molecule has 1 saturated heterocycles. The Morgan fingerprint density at radius 3 is 1.90 bits per heavy atom. The molecule has 4 heterocycles. The first kappa shape index (κ1) is 42.2. The molecule has 0 aliphatic carbocycles. The van der Waals surface area contributed by atoms with Crippen LogP contribution in [0.15, 0.2) is 152 Å². The quantitative estimate of drug-likeness (QED) is 0.101. The average molecular weight is 845 g/mol. The van der Waals surface area contributed by atoms with Crippen LogP contribution in [-0.2, 0) is 20.4 Å². The summed E-state index contributed by atoms with van der Waals surface area (Å²) >= 11 is 1.43. The minimum absolute atomic E-state index is 0.0890. The number of carbonyl (C=O) groups excluding carboxylic acids is 2. The number of ether oxygens (including phenoxy) is 2. The predicted molar refractivity (Wildman–Crippen MR) is 241 cm³/mol. The van der Waals surface area contributed by atoms with Crippen LogP contribution in [-0.4, -0.2) is 59.9 Å². The van der Waals surface area contributed by atoms with Gasteiger partial charge in [0, 0.05) is 53.5 Å². The maximum atomic E-state index is 16.5. The molecule has 1 unspecified atom stereocenters. The maximum Gasteiger partial charge on any atom is 0.333 e. The van der Waals surface area contributed by atoms with E-state index < -0.39 is 46.3 Å². The van der Waals surface area contributed by atoms with Crippen LogP contribution >= 0.6 is 11.3 Å². The highest BCUT2D eigenvalue weighted by molar-refractivity contribution is 7.09. The van der Waals surface area contributed by atoms with Gasteiger partial charge in [0.2, 0.25) is 0 Å². The normalized spacial score (nSPS) is 18.6. The number of nitrogens with zero attached hydrogens (tertiary/aromatic N) is 5. The lowest BCUT2D eigenvalue weighted by Crippen LogP contribution is -2.63. The summed E-state index contributed by atoms with van der Waals surface area (Å²) in [6, 6.07) is 35.4. The summed E-state index contributed by atoms with van der Waals surface area (Å²) in [6.45, 7) is 11.9. The number of thiazole rings is 1. The highest BCUT2D eigenvalue weighted by Gasteiger charge is 2.70. The molecule has 3 aromatic heterocycles. The summed E-state index contributed by atoms with van der Waals surface area (Å²) < 4.78 is 12.7. The Hall–Kier alpha value is -6.46. The van der Waals surface area contributed by atoms with Gasteiger partial charge in [-0.05, 0) is 67.0 Å². The van der Waals surface area contributed by atoms with Crippen molar-refractivity contribution < 1.29 is 19.1 Å². The Labute approximate surface area is 367 Å². The molecule has 4 atom stereocenters. The van der Waals surface area contributed by atoms with Crippen molar-refractivity contribution in [2.75, 3.05) is 7.11 Å². The molecule has 1 N–H and O–H groups in total. The van der Waals surface area contributed by atoms with E-state index in [2.05, 4.69) is 72.1 Å². The molecule has 0 spiro atoms. The molecule has 1 amide bonds. The number of aromatic nitrogens is 5. The molecule has 1 aliphatic rings. The Bertz CT molecular complexity index is 2500. The third-order valence-electron chi connectivity index (χ3n) is 11.9. The van der Waals surface area contributed by atoms with Crippen LogP contribution in [0, 0.1) is 0 Å². The monoisotopic (exact) mass is 844 g/mol. The van der Waals surface area contributed by atoms with Crippen molar-refractivity contribution in [1.82, 2.24) is 29.8 Å². The molecule has 8 rings (SSSR count). The summed E-state index contributed by atoms with van der Waals surface area (Å²) in [5.74, 6) is -1.90. The van der Waals surface area contributed by atoms with E-state index in [1.165, 1.54) is 11.3 Å². The van der Waals surface area contributed by atoms with Gasteiger partial charge in [0.25, 0.3) is 5.91 Å². The van der Waals surface area contributed by atoms with E-state index >= 15 is 9.59 Å². The molecule has 11 heteroatoms. The van der Waals surface area contributed by atoms with Crippen molar-refractivity contribution in [3.63, 3.8) is 0 Å². The largest absolute Gasteiger partial charge is 0.496 e. The average Bonchev–Trinajstić information content (AvgIpc) is 4.08. The number of nitrogens with one attached hydrogen (secondary N) is 1. The third kappa shape index (κ3) is 7.48. The van der Waals surface area contributed by atoms with Crippen LogP contribution in [0.5, 0.6) is 5.75 Å². The summed E-state index contributed by atoms with van der Waals surface area (Å²) in [6.07, 6.45) is 10.2. The topological polar surface area (TPSA) is 123 Å². The molecule has 62 heavy (non-hydrogen) atoms. The second-order valence-electron chi connectivity index (χ2n) is 17.9. The molecular formula is C51H52N6O4S. The van der Waals surface area contributed by atoms with E-state index in [0.717, 1.165) is 22.3 Å². The predicted octanol–water partition coefficient (Wildman–Crippen LogP) is 10.2. The minimum atomic E-state index is -1.81. The van der Waals surface area contributed by atoms with Crippen LogP contribution in [0.25, 0.3) is 0 Å². The van der Waals surface area contributed by atoms with Gasteiger partial charge in [0.05, 0.1) is 36.5 Å².